The van der Waals surface area contributed by atoms with Crippen molar-refractivity contribution in [2.45, 2.75) is 12.0 Å². The quantitative estimate of drug-likeness (QED) is 0.773. The Kier molecular flexibility index (Phi) is 6.19. The van der Waals surface area contributed by atoms with Gasteiger partial charge in [0.2, 0.25) is 0 Å². The maximum absolute atomic E-state index is 14.5. The van der Waals surface area contributed by atoms with Crippen LogP contribution in [0.25, 0.3) is 0 Å². The first-order valence-electron chi connectivity index (χ1n) is 7.29. The molecule has 0 radical (unpaired) electrons. The van der Waals surface area contributed by atoms with Crippen LogP contribution >= 0.6 is 15.9 Å². The summed E-state index contributed by atoms with van der Waals surface area (Å²) in [6, 6.07) is 1.87. The number of nitrogens with zero attached hydrogens (tertiary/aromatic N) is 1. The Morgan fingerprint density at radius 3 is 2.22 bits per heavy atom. The molecule has 8 heteroatoms. The number of halogens is 3. The molecule has 0 aromatic heterocycles. The van der Waals surface area contributed by atoms with Gasteiger partial charge in [-0.25, -0.2) is 8.78 Å². The molecule has 0 amide bonds. The van der Waals surface area contributed by atoms with Gasteiger partial charge in [0.25, 0.3) is 5.92 Å². The third-order valence-corrected chi connectivity index (χ3v) is 4.69. The summed E-state index contributed by atoms with van der Waals surface area (Å²) in [5, 5.41) is 12.3. The number of benzene rings is 1. The molecule has 1 aliphatic rings. The van der Waals surface area contributed by atoms with Gasteiger partial charge in [0, 0.05) is 26.2 Å². The molecular formula is C15H21BrF2N2O3. The molecule has 23 heavy (non-hydrogen) atoms. The van der Waals surface area contributed by atoms with Gasteiger partial charge >= 0.3 is 0 Å². The van der Waals surface area contributed by atoms with Crippen molar-refractivity contribution in [1.29, 1.82) is 0 Å². The summed E-state index contributed by atoms with van der Waals surface area (Å²) in [6.45, 7) is 0.982. The van der Waals surface area contributed by atoms with E-state index in [4.69, 9.17) is 9.47 Å². The highest BCUT2D eigenvalue weighted by molar-refractivity contribution is 9.10. The Hall–Kier alpha value is -0.960. The topological polar surface area (TPSA) is 54.0 Å². The number of aliphatic hydroxyl groups is 1. The summed E-state index contributed by atoms with van der Waals surface area (Å²) in [4.78, 5) is 1.68. The normalized spacial score (nSPS) is 17.8. The van der Waals surface area contributed by atoms with Crippen LogP contribution in [0.2, 0.25) is 0 Å². The average Bonchev–Trinajstić information content (AvgIpc) is 2.57. The van der Waals surface area contributed by atoms with E-state index < -0.39 is 18.6 Å². The predicted octanol–water partition coefficient (Wildman–Crippen LogP) is 2.04. The van der Waals surface area contributed by atoms with E-state index >= 15 is 0 Å². The fourth-order valence-corrected chi connectivity index (χ4v) is 3.35. The SMILES string of the molecule is COc1cc([C@@H](N2CCNCC2)C(F)(F)CO)cc(OC)c1Br. The zero-order valence-corrected chi connectivity index (χ0v) is 14.7. The molecule has 1 atom stereocenters. The molecule has 0 aliphatic carbocycles. The molecule has 5 nitrogen and oxygen atoms in total. The number of aliphatic hydroxyl groups excluding tert-OH is 1. The molecule has 1 heterocycles. The number of nitrogens with one attached hydrogen (secondary N) is 1. The van der Waals surface area contributed by atoms with E-state index in [9.17, 15) is 13.9 Å². The predicted molar refractivity (Wildman–Crippen MR) is 86.5 cm³/mol. The monoisotopic (exact) mass is 394 g/mol. The minimum atomic E-state index is -3.28. The van der Waals surface area contributed by atoms with Crippen molar-refractivity contribution < 1.29 is 23.4 Å². The van der Waals surface area contributed by atoms with Gasteiger partial charge in [0.15, 0.2) is 0 Å². The first kappa shape index (κ1) is 18.4. The van der Waals surface area contributed by atoms with Crippen LogP contribution < -0.4 is 14.8 Å². The van der Waals surface area contributed by atoms with E-state index in [0.717, 1.165) is 0 Å². The van der Waals surface area contributed by atoms with Crippen molar-refractivity contribution in [1.82, 2.24) is 10.2 Å². The van der Waals surface area contributed by atoms with Gasteiger partial charge in [-0.3, -0.25) is 4.90 Å². The maximum Gasteiger partial charge on any atom is 0.289 e. The fraction of sp³-hybridized carbons (Fsp3) is 0.600. The first-order chi connectivity index (χ1) is 10.9. The van der Waals surface area contributed by atoms with Crippen LogP contribution in [0.1, 0.15) is 11.6 Å². The summed E-state index contributed by atoms with van der Waals surface area (Å²) in [5.74, 6) is -2.46. The fourth-order valence-electron chi connectivity index (χ4n) is 2.80. The Bertz CT molecular complexity index is 514. The van der Waals surface area contributed by atoms with E-state index in [-0.39, 0.29) is 0 Å². The molecule has 2 N–H and O–H groups in total. The van der Waals surface area contributed by atoms with Crippen molar-refractivity contribution in [3.63, 3.8) is 0 Å². The van der Waals surface area contributed by atoms with Gasteiger partial charge in [0.05, 0.1) is 14.2 Å². The van der Waals surface area contributed by atoms with Crippen LogP contribution in [0.3, 0.4) is 0 Å². The molecule has 0 bridgehead atoms. The van der Waals surface area contributed by atoms with Crippen LogP contribution in [-0.4, -0.2) is 62.9 Å². The van der Waals surface area contributed by atoms with E-state index in [1.807, 2.05) is 0 Å². The smallest absolute Gasteiger partial charge is 0.289 e. The lowest BCUT2D eigenvalue weighted by Gasteiger charge is -2.39. The van der Waals surface area contributed by atoms with E-state index in [1.165, 1.54) is 14.2 Å². The molecule has 2 rings (SSSR count). The third-order valence-electron chi connectivity index (χ3n) is 3.91. The second kappa shape index (κ2) is 7.74. The number of hydrogen-bond acceptors (Lipinski definition) is 5. The van der Waals surface area contributed by atoms with E-state index in [1.54, 1.807) is 17.0 Å². The van der Waals surface area contributed by atoms with E-state index in [0.29, 0.717) is 47.7 Å². The van der Waals surface area contributed by atoms with Gasteiger partial charge < -0.3 is 19.9 Å². The minimum absolute atomic E-state index is 0.350. The van der Waals surface area contributed by atoms with Crippen molar-refractivity contribution in [3.05, 3.63) is 22.2 Å². The summed E-state index contributed by atoms with van der Waals surface area (Å²) in [6.07, 6.45) is 0. The highest BCUT2D eigenvalue weighted by Crippen LogP contribution is 2.43. The number of ether oxygens (including phenoxy) is 2. The number of alkyl halides is 2. The highest BCUT2D eigenvalue weighted by Gasteiger charge is 2.44. The number of rotatable bonds is 6. The summed E-state index contributed by atoms with van der Waals surface area (Å²) < 4.78 is 40.0. The summed E-state index contributed by atoms with van der Waals surface area (Å²) in [5.41, 5.74) is 0.350. The molecule has 1 saturated heterocycles. The lowest BCUT2D eigenvalue weighted by Crippen LogP contribution is -2.51. The number of piperazine rings is 1. The van der Waals surface area contributed by atoms with Crippen LogP contribution in [0.15, 0.2) is 16.6 Å². The molecule has 1 aromatic rings. The van der Waals surface area contributed by atoms with Crippen molar-refractivity contribution in [2.75, 3.05) is 47.0 Å². The van der Waals surface area contributed by atoms with Crippen molar-refractivity contribution in [2.24, 2.45) is 0 Å². The summed E-state index contributed by atoms with van der Waals surface area (Å²) in [7, 11) is 2.93. The Balaban J connectivity index is 2.50. The molecular weight excluding hydrogens is 374 g/mol. The molecule has 130 valence electrons. The highest BCUT2D eigenvalue weighted by atomic mass is 79.9. The maximum atomic E-state index is 14.5. The zero-order chi connectivity index (χ0) is 17.0. The van der Waals surface area contributed by atoms with Crippen LogP contribution in [-0.2, 0) is 0 Å². The van der Waals surface area contributed by atoms with Crippen LogP contribution in [0.4, 0.5) is 8.78 Å². The van der Waals surface area contributed by atoms with Gasteiger partial charge in [0.1, 0.15) is 28.6 Å². The summed E-state index contributed by atoms with van der Waals surface area (Å²) >= 11 is 3.34. The molecule has 1 aromatic carbocycles. The standard InChI is InChI=1S/C15H21BrF2N2O3/c1-22-11-7-10(8-12(23-2)13(11)16)14(15(17,18)9-21)20-5-3-19-4-6-20/h7-8,14,19,21H,3-6,9H2,1-2H3/t14-/m1/s1. The van der Waals surface area contributed by atoms with Gasteiger partial charge in [-0.1, -0.05) is 0 Å². The molecule has 1 aliphatic heterocycles. The van der Waals surface area contributed by atoms with Gasteiger partial charge in [-0.05, 0) is 33.6 Å². The second-order valence-electron chi connectivity index (χ2n) is 5.35. The van der Waals surface area contributed by atoms with Crippen molar-refractivity contribution >= 4 is 15.9 Å². The Morgan fingerprint density at radius 1 is 1.26 bits per heavy atom. The second-order valence-corrected chi connectivity index (χ2v) is 6.14. The third kappa shape index (κ3) is 3.93. The molecule has 0 spiro atoms. The number of methoxy groups -OCH3 is 2. The molecule has 1 fully saturated rings. The average molecular weight is 395 g/mol. The van der Waals surface area contributed by atoms with Crippen LogP contribution in [0, 0.1) is 0 Å². The van der Waals surface area contributed by atoms with E-state index in [2.05, 4.69) is 21.2 Å². The first-order valence-corrected chi connectivity index (χ1v) is 8.08. The Morgan fingerprint density at radius 2 is 1.78 bits per heavy atom. The van der Waals surface area contributed by atoms with Crippen molar-refractivity contribution in [3.8, 4) is 11.5 Å². The zero-order valence-electron chi connectivity index (χ0n) is 13.1. The van der Waals surface area contributed by atoms with Gasteiger partial charge in [-0.2, -0.15) is 0 Å². The van der Waals surface area contributed by atoms with Gasteiger partial charge in [-0.15, -0.1) is 0 Å². The molecule has 0 unspecified atom stereocenters. The number of hydrogen-bond donors (Lipinski definition) is 2. The van der Waals surface area contributed by atoms with Crippen LogP contribution in [0.5, 0.6) is 11.5 Å². The Labute approximate surface area is 142 Å². The lowest BCUT2D eigenvalue weighted by molar-refractivity contribution is -0.118. The lowest BCUT2D eigenvalue weighted by atomic mass is 9.97. The largest absolute Gasteiger partial charge is 0.495 e. The molecule has 0 saturated carbocycles. The minimum Gasteiger partial charge on any atom is -0.495 e.